The standard InChI is InChI=1S/C2H7N5.C2H4O2.C2H6/c3-1(4)7-2(5)6;1-2(3)4;1-2/h(H7,3,4,5,6,7);1H3,(H,3,4);1-2H3. The smallest absolute Gasteiger partial charge is 0.300 e. The Bertz CT molecular complexity index is 152. The van der Waals surface area contributed by atoms with E-state index in [1.165, 1.54) is 0 Å². The summed E-state index contributed by atoms with van der Waals surface area (Å²) in [5.74, 6) is -1.46. The van der Waals surface area contributed by atoms with Gasteiger partial charge in [-0.25, -0.2) is 0 Å². The number of aliphatic carboxylic acids is 1. The number of hydrogen-bond acceptors (Lipinski definition) is 3. The fraction of sp³-hybridized carbons (Fsp3) is 0.500. The van der Waals surface area contributed by atoms with Crippen LogP contribution in [0, 0.1) is 10.8 Å². The van der Waals surface area contributed by atoms with Gasteiger partial charge in [-0.2, -0.15) is 0 Å². The Kier molecular flexibility index (Phi) is 17.1. The summed E-state index contributed by atoms with van der Waals surface area (Å²) in [6, 6.07) is 0. The topological polar surface area (TPSA) is 149 Å². The van der Waals surface area contributed by atoms with Crippen molar-refractivity contribution in [1.82, 2.24) is 5.32 Å². The highest BCUT2D eigenvalue weighted by atomic mass is 16.4. The van der Waals surface area contributed by atoms with Crippen LogP contribution in [0.5, 0.6) is 0 Å². The van der Waals surface area contributed by atoms with Crippen molar-refractivity contribution in [2.24, 2.45) is 11.5 Å². The molecule has 0 atom stereocenters. The molecule has 7 heteroatoms. The second kappa shape index (κ2) is 12.8. The molecule has 13 heavy (non-hydrogen) atoms. The van der Waals surface area contributed by atoms with Crippen molar-refractivity contribution in [1.29, 1.82) is 10.8 Å². The van der Waals surface area contributed by atoms with E-state index < -0.39 is 5.97 Å². The quantitative estimate of drug-likeness (QED) is 0.225. The fourth-order valence-corrected chi connectivity index (χ4v) is 0.145. The highest BCUT2D eigenvalue weighted by Crippen LogP contribution is 1.44. The van der Waals surface area contributed by atoms with Crippen LogP contribution in [-0.4, -0.2) is 23.0 Å². The SMILES string of the molecule is CC.CC(=O)O.N=C(N)NC(=N)N. The molecule has 0 aromatic heterocycles. The second-order valence-electron chi connectivity index (χ2n) is 1.47. The van der Waals surface area contributed by atoms with Gasteiger partial charge in [-0.05, 0) is 0 Å². The molecule has 0 unspecified atom stereocenters. The minimum absolute atomic E-state index is 0.312. The van der Waals surface area contributed by atoms with Gasteiger partial charge in [-0.15, -0.1) is 0 Å². The molecule has 8 N–H and O–H groups in total. The van der Waals surface area contributed by atoms with Crippen LogP contribution in [0.15, 0.2) is 0 Å². The molecule has 0 bridgehead atoms. The van der Waals surface area contributed by atoms with E-state index in [1.807, 2.05) is 19.2 Å². The molecule has 0 aromatic carbocycles. The number of guanidine groups is 2. The molecule has 0 rings (SSSR count). The van der Waals surface area contributed by atoms with Gasteiger partial charge >= 0.3 is 0 Å². The lowest BCUT2D eigenvalue weighted by atomic mass is 10.9. The number of carboxylic acids is 1. The summed E-state index contributed by atoms with van der Waals surface area (Å²) in [5, 5.41) is 22.4. The van der Waals surface area contributed by atoms with E-state index in [9.17, 15) is 0 Å². The first kappa shape index (κ1) is 17.3. The van der Waals surface area contributed by atoms with Crippen LogP contribution in [0.4, 0.5) is 0 Å². The van der Waals surface area contributed by atoms with Crippen molar-refractivity contribution in [3.05, 3.63) is 0 Å². The maximum Gasteiger partial charge on any atom is 0.300 e. The maximum absolute atomic E-state index is 9.00. The van der Waals surface area contributed by atoms with Crippen LogP contribution >= 0.6 is 0 Å². The van der Waals surface area contributed by atoms with Gasteiger partial charge in [0.1, 0.15) is 0 Å². The van der Waals surface area contributed by atoms with Crippen LogP contribution < -0.4 is 16.8 Å². The average molecular weight is 191 g/mol. The Morgan fingerprint density at radius 2 is 1.38 bits per heavy atom. The second-order valence-corrected chi connectivity index (χ2v) is 1.47. The lowest BCUT2D eigenvalue weighted by Gasteiger charge is -1.95. The van der Waals surface area contributed by atoms with Gasteiger partial charge in [-0.1, -0.05) is 13.8 Å². The largest absolute Gasteiger partial charge is 0.481 e. The number of nitrogens with one attached hydrogen (secondary N) is 3. The maximum atomic E-state index is 9.00. The van der Waals surface area contributed by atoms with Gasteiger partial charge in [0.15, 0.2) is 11.9 Å². The van der Waals surface area contributed by atoms with E-state index in [0.717, 1.165) is 6.92 Å². The van der Waals surface area contributed by atoms with Crippen molar-refractivity contribution in [3.8, 4) is 0 Å². The van der Waals surface area contributed by atoms with E-state index in [1.54, 1.807) is 0 Å². The average Bonchev–Trinajstić information content (AvgIpc) is 1.87. The van der Waals surface area contributed by atoms with Gasteiger partial charge in [0, 0.05) is 6.92 Å². The molecule has 0 heterocycles. The summed E-state index contributed by atoms with van der Waals surface area (Å²) in [4.78, 5) is 9.00. The molecule has 0 fully saturated rings. The van der Waals surface area contributed by atoms with Crippen molar-refractivity contribution in [3.63, 3.8) is 0 Å². The zero-order valence-corrected chi connectivity index (χ0v) is 8.01. The minimum Gasteiger partial charge on any atom is -0.481 e. The summed E-state index contributed by atoms with van der Waals surface area (Å²) in [5.41, 5.74) is 9.49. The lowest BCUT2D eigenvalue weighted by Crippen LogP contribution is -2.39. The molecule has 0 aliphatic heterocycles. The molecular formula is C6H17N5O2. The molecule has 0 saturated carbocycles. The van der Waals surface area contributed by atoms with E-state index in [2.05, 4.69) is 0 Å². The molecule has 0 spiro atoms. The summed E-state index contributed by atoms with van der Waals surface area (Å²) >= 11 is 0. The van der Waals surface area contributed by atoms with Gasteiger partial charge in [-0.3, -0.25) is 20.9 Å². The van der Waals surface area contributed by atoms with Crippen molar-refractivity contribution in [2.75, 3.05) is 0 Å². The first-order valence-corrected chi connectivity index (χ1v) is 3.51. The van der Waals surface area contributed by atoms with E-state index in [0.29, 0.717) is 0 Å². The first-order chi connectivity index (χ1) is 5.86. The fourth-order valence-electron chi connectivity index (χ4n) is 0.145. The van der Waals surface area contributed by atoms with Crippen molar-refractivity contribution < 1.29 is 9.90 Å². The number of carboxylic acid groups (broad SMARTS) is 1. The highest BCUT2D eigenvalue weighted by molar-refractivity contribution is 5.93. The van der Waals surface area contributed by atoms with Gasteiger partial charge < -0.3 is 16.6 Å². The normalized spacial score (nSPS) is 6.38. The lowest BCUT2D eigenvalue weighted by molar-refractivity contribution is -0.134. The Morgan fingerprint density at radius 3 is 1.38 bits per heavy atom. The van der Waals surface area contributed by atoms with Gasteiger partial charge in [0.05, 0.1) is 0 Å². The summed E-state index contributed by atoms with van der Waals surface area (Å²) < 4.78 is 0. The third-order valence-electron chi connectivity index (χ3n) is 0.269. The molecule has 7 nitrogen and oxygen atoms in total. The highest BCUT2D eigenvalue weighted by Gasteiger charge is 1.83. The predicted molar refractivity (Wildman–Crippen MR) is 51.6 cm³/mol. The molecular weight excluding hydrogens is 174 g/mol. The molecule has 0 aliphatic carbocycles. The van der Waals surface area contributed by atoms with Gasteiger partial charge in [0.25, 0.3) is 5.97 Å². The zero-order chi connectivity index (χ0) is 11.4. The molecule has 78 valence electrons. The summed E-state index contributed by atoms with van der Waals surface area (Å²) in [7, 11) is 0. The van der Waals surface area contributed by atoms with Crippen LogP contribution in [0.25, 0.3) is 0 Å². The molecule has 0 aromatic rings. The van der Waals surface area contributed by atoms with Crippen molar-refractivity contribution >= 4 is 17.9 Å². The number of hydrogen-bond donors (Lipinski definition) is 6. The van der Waals surface area contributed by atoms with E-state index >= 15 is 0 Å². The third-order valence-corrected chi connectivity index (χ3v) is 0.269. The van der Waals surface area contributed by atoms with Gasteiger partial charge in [0.2, 0.25) is 0 Å². The number of nitrogens with two attached hydrogens (primary N) is 2. The Labute approximate surface area is 77.1 Å². The monoisotopic (exact) mass is 191 g/mol. The summed E-state index contributed by atoms with van der Waals surface area (Å²) in [6.07, 6.45) is 0. The van der Waals surface area contributed by atoms with Crippen LogP contribution in [-0.2, 0) is 4.79 Å². The summed E-state index contributed by atoms with van der Waals surface area (Å²) in [6.45, 7) is 5.08. The van der Waals surface area contributed by atoms with Crippen LogP contribution in [0.2, 0.25) is 0 Å². The van der Waals surface area contributed by atoms with E-state index in [4.69, 9.17) is 32.2 Å². The number of carbonyl (C=O) groups is 1. The molecule has 0 amide bonds. The Hall–Kier alpha value is -1.79. The zero-order valence-electron chi connectivity index (χ0n) is 8.01. The van der Waals surface area contributed by atoms with Crippen LogP contribution in [0.3, 0.4) is 0 Å². The van der Waals surface area contributed by atoms with Crippen molar-refractivity contribution in [2.45, 2.75) is 20.8 Å². The Morgan fingerprint density at radius 1 is 1.23 bits per heavy atom. The molecule has 0 aliphatic rings. The predicted octanol–water partition coefficient (Wildman–Crippen LogP) is -0.520. The van der Waals surface area contributed by atoms with E-state index in [-0.39, 0.29) is 11.9 Å². The molecule has 0 saturated heterocycles. The third kappa shape index (κ3) is 141. The minimum atomic E-state index is -0.833. The Balaban J connectivity index is -0.000000142. The first-order valence-electron chi connectivity index (χ1n) is 3.51. The van der Waals surface area contributed by atoms with Crippen LogP contribution in [0.1, 0.15) is 20.8 Å². The molecule has 0 radical (unpaired) electrons. The number of rotatable bonds is 0.